The van der Waals surface area contributed by atoms with E-state index < -0.39 is 0 Å². The highest BCUT2D eigenvalue weighted by Gasteiger charge is 2.28. The van der Waals surface area contributed by atoms with Crippen LogP contribution >= 0.6 is 0 Å². The number of nitrogens with zero attached hydrogens (tertiary/aromatic N) is 4. The summed E-state index contributed by atoms with van der Waals surface area (Å²) in [7, 11) is 0. The fourth-order valence-electron chi connectivity index (χ4n) is 5.43. The van der Waals surface area contributed by atoms with Gasteiger partial charge in [-0.1, -0.05) is 36.4 Å². The molecule has 6 rings (SSSR count). The molecule has 3 aromatic carbocycles. The maximum Gasteiger partial charge on any atom is 0.220 e. The molecule has 34 heavy (non-hydrogen) atoms. The van der Waals surface area contributed by atoms with E-state index in [4.69, 9.17) is 11.1 Å². The first kappa shape index (κ1) is 21.2. The molecule has 171 valence electrons. The van der Waals surface area contributed by atoms with Crippen LogP contribution in [0.2, 0.25) is 0 Å². The minimum Gasteiger partial charge on any atom is -0.368 e. The molecule has 2 atom stereocenters. The predicted molar refractivity (Wildman–Crippen MR) is 133 cm³/mol. The highest BCUT2D eigenvalue weighted by molar-refractivity contribution is 5.88. The van der Waals surface area contributed by atoms with Crippen molar-refractivity contribution in [1.82, 2.24) is 20.2 Å². The summed E-state index contributed by atoms with van der Waals surface area (Å²) in [5.41, 5.74) is 13.2. The summed E-state index contributed by atoms with van der Waals surface area (Å²) in [6.07, 6.45) is 2.38. The Balaban J connectivity index is 1.47. The molecule has 0 saturated carbocycles. The van der Waals surface area contributed by atoms with Crippen molar-refractivity contribution in [2.45, 2.75) is 44.9 Å². The van der Waals surface area contributed by atoms with E-state index in [1.54, 1.807) is 12.1 Å². The number of likely N-dealkylation sites (tertiary alicyclic amines) is 1. The zero-order chi connectivity index (χ0) is 23.2. The van der Waals surface area contributed by atoms with E-state index in [0.717, 1.165) is 51.9 Å². The molecular formula is C28H27FN5. The van der Waals surface area contributed by atoms with Crippen LogP contribution in [-0.2, 0) is 13.1 Å². The second kappa shape index (κ2) is 8.46. The molecule has 3 heterocycles. The molecular weight excluding hydrogens is 425 g/mol. The highest BCUT2D eigenvalue weighted by Crippen LogP contribution is 2.37. The summed E-state index contributed by atoms with van der Waals surface area (Å²) in [6, 6.07) is 19.9. The summed E-state index contributed by atoms with van der Waals surface area (Å²) in [5, 5.41) is 5.80. The van der Waals surface area contributed by atoms with Gasteiger partial charge in [0.1, 0.15) is 5.82 Å². The Labute approximate surface area is 198 Å². The first-order valence-corrected chi connectivity index (χ1v) is 11.9. The van der Waals surface area contributed by atoms with E-state index >= 15 is 0 Å². The Kier molecular flexibility index (Phi) is 5.27. The number of fused-ring (bicyclic) bond motifs is 2. The molecule has 6 heteroatoms. The third kappa shape index (κ3) is 3.73. The number of hydrogen-bond donors (Lipinski definition) is 1. The van der Waals surface area contributed by atoms with Gasteiger partial charge < -0.3 is 5.73 Å². The van der Waals surface area contributed by atoms with Crippen LogP contribution in [0.15, 0.2) is 60.7 Å². The second-order valence-electron chi connectivity index (χ2n) is 9.40. The van der Waals surface area contributed by atoms with Crippen molar-refractivity contribution in [1.29, 1.82) is 0 Å². The zero-order valence-corrected chi connectivity index (χ0v) is 19.2. The standard InChI is InChI=1S/C28H27FN5/c1-17-5-4-12-34(17)16-20-13-21(29)9-10-22(20)18-8-11-25-24(14-18)27(33-28(30)32-25)26-23-7-3-2-6-19(23)15-31-26/h2-3,6-11,13-14,17,26H,4-5,12,15-16H2,1H3,(H2,30,32,33). The lowest BCUT2D eigenvalue weighted by molar-refractivity contribution is 0.260. The van der Waals surface area contributed by atoms with E-state index in [1.165, 1.54) is 18.4 Å². The van der Waals surface area contributed by atoms with Gasteiger partial charge in [0.15, 0.2) is 0 Å². The van der Waals surface area contributed by atoms with Crippen LogP contribution in [0.4, 0.5) is 10.3 Å². The third-order valence-electron chi connectivity index (χ3n) is 7.24. The number of halogens is 1. The topological polar surface area (TPSA) is 69.1 Å². The monoisotopic (exact) mass is 452 g/mol. The van der Waals surface area contributed by atoms with E-state index in [1.807, 2.05) is 30.3 Å². The van der Waals surface area contributed by atoms with Crippen LogP contribution < -0.4 is 11.1 Å². The van der Waals surface area contributed by atoms with Gasteiger partial charge in [-0.2, -0.15) is 0 Å². The van der Waals surface area contributed by atoms with Gasteiger partial charge in [-0.05, 0) is 78.4 Å². The van der Waals surface area contributed by atoms with Gasteiger partial charge in [-0.3, -0.25) is 4.90 Å². The normalized spacial score (nSPS) is 20.2. The number of aromatic nitrogens is 2. The Morgan fingerprint density at radius 2 is 1.94 bits per heavy atom. The lowest BCUT2D eigenvalue weighted by Crippen LogP contribution is -2.26. The van der Waals surface area contributed by atoms with E-state index in [2.05, 4.69) is 40.0 Å². The van der Waals surface area contributed by atoms with E-state index in [9.17, 15) is 4.39 Å². The van der Waals surface area contributed by atoms with Gasteiger partial charge in [-0.15, -0.1) is 0 Å². The number of rotatable bonds is 4. The zero-order valence-electron chi connectivity index (χ0n) is 19.2. The first-order valence-electron chi connectivity index (χ1n) is 11.9. The largest absolute Gasteiger partial charge is 0.368 e. The maximum atomic E-state index is 14.3. The number of anilines is 1. The number of benzene rings is 3. The molecule has 0 aliphatic carbocycles. The molecule has 2 N–H and O–H groups in total. The van der Waals surface area contributed by atoms with Crippen molar-refractivity contribution in [3.05, 3.63) is 88.9 Å². The average Bonchev–Trinajstić information content (AvgIpc) is 3.44. The molecule has 1 radical (unpaired) electrons. The molecule has 0 amide bonds. The van der Waals surface area contributed by atoms with Crippen LogP contribution in [0.5, 0.6) is 0 Å². The van der Waals surface area contributed by atoms with Crippen molar-refractivity contribution < 1.29 is 4.39 Å². The SMILES string of the molecule is CC1CCCN1Cc1cc(F)ccc1-c1ccc2nc(N)nc(C3[N]Cc4ccccc43)c2c1. The average molecular weight is 453 g/mol. The molecule has 1 fully saturated rings. The fourth-order valence-corrected chi connectivity index (χ4v) is 5.43. The minimum absolute atomic E-state index is 0.169. The van der Waals surface area contributed by atoms with Gasteiger partial charge in [0.2, 0.25) is 5.95 Å². The van der Waals surface area contributed by atoms with E-state index in [-0.39, 0.29) is 17.8 Å². The minimum atomic E-state index is -0.204. The van der Waals surface area contributed by atoms with Gasteiger partial charge in [0, 0.05) is 24.5 Å². The van der Waals surface area contributed by atoms with Crippen LogP contribution in [0.3, 0.4) is 0 Å². The lowest BCUT2D eigenvalue weighted by Gasteiger charge is -2.23. The van der Waals surface area contributed by atoms with Gasteiger partial charge >= 0.3 is 0 Å². The van der Waals surface area contributed by atoms with Gasteiger partial charge in [-0.25, -0.2) is 19.7 Å². The summed E-state index contributed by atoms with van der Waals surface area (Å²) in [4.78, 5) is 11.6. The van der Waals surface area contributed by atoms with Crippen molar-refractivity contribution in [3.63, 3.8) is 0 Å². The quantitative estimate of drug-likeness (QED) is 0.462. The fraction of sp³-hybridized carbons (Fsp3) is 0.286. The Bertz CT molecular complexity index is 1380. The Hall–Kier alpha value is -3.35. The van der Waals surface area contributed by atoms with Crippen LogP contribution in [-0.4, -0.2) is 27.5 Å². The molecule has 2 unspecified atom stereocenters. The van der Waals surface area contributed by atoms with Crippen molar-refractivity contribution in [3.8, 4) is 11.1 Å². The smallest absolute Gasteiger partial charge is 0.220 e. The predicted octanol–water partition coefficient (Wildman–Crippen LogP) is 5.21. The number of nitrogens with two attached hydrogens (primary N) is 1. The van der Waals surface area contributed by atoms with Crippen molar-refractivity contribution in [2.75, 3.05) is 12.3 Å². The molecule has 2 aliphatic heterocycles. The third-order valence-corrected chi connectivity index (χ3v) is 7.24. The Morgan fingerprint density at radius 3 is 2.79 bits per heavy atom. The van der Waals surface area contributed by atoms with Gasteiger partial charge in [0.25, 0.3) is 0 Å². The summed E-state index contributed by atoms with van der Waals surface area (Å²) in [6.45, 7) is 4.71. The molecule has 5 nitrogen and oxygen atoms in total. The lowest BCUT2D eigenvalue weighted by atomic mass is 9.95. The molecule has 0 bridgehead atoms. The van der Waals surface area contributed by atoms with Gasteiger partial charge in [0.05, 0.1) is 17.3 Å². The van der Waals surface area contributed by atoms with Crippen LogP contribution in [0.1, 0.15) is 48.2 Å². The van der Waals surface area contributed by atoms with Crippen molar-refractivity contribution in [2.24, 2.45) is 0 Å². The van der Waals surface area contributed by atoms with Crippen LogP contribution in [0.25, 0.3) is 22.0 Å². The maximum absolute atomic E-state index is 14.3. The van der Waals surface area contributed by atoms with Crippen LogP contribution in [0, 0.1) is 5.82 Å². The van der Waals surface area contributed by atoms with Crippen molar-refractivity contribution >= 4 is 16.9 Å². The second-order valence-corrected chi connectivity index (χ2v) is 9.40. The summed E-state index contributed by atoms with van der Waals surface area (Å²) in [5.74, 6) is 0.0462. The highest BCUT2D eigenvalue weighted by atomic mass is 19.1. The molecule has 1 saturated heterocycles. The molecule has 4 aromatic rings. The first-order chi connectivity index (χ1) is 16.6. The molecule has 2 aliphatic rings. The number of nitrogen functional groups attached to an aromatic ring is 1. The summed E-state index contributed by atoms with van der Waals surface area (Å²) >= 11 is 0. The number of hydrogen-bond acceptors (Lipinski definition) is 4. The van der Waals surface area contributed by atoms with E-state index in [0.29, 0.717) is 12.6 Å². The summed E-state index contributed by atoms with van der Waals surface area (Å²) < 4.78 is 14.3. The molecule has 0 spiro atoms. The Morgan fingerprint density at radius 1 is 1.06 bits per heavy atom. The molecule has 1 aromatic heterocycles.